The maximum absolute atomic E-state index is 12.4. The topological polar surface area (TPSA) is 81.1 Å². The fourth-order valence-corrected chi connectivity index (χ4v) is 6.67. The molecule has 0 saturated carbocycles. The van der Waals surface area contributed by atoms with Crippen LogP contribution in [0.5, 0.6) is 0 Å². The van der Waals surface area contributed by atoms with Gasteiger partial charge in [-0.25, -0.2) is 0 Å². The Morgan fingerprint density at radius 3 is 1.69 bits per heavy atom. The van der Waals surface area contributed by atoms with Crippen molar-refractivity contribution in [1.82, 2.24) is 5.32 Å². The van der Waals surface area contributed by atoms with E-state index in [0.717, 1.165) is 25.9 Å². The summed E-state index contributed by atoms with van der Waals surface area (Å²) in [6, 6.07) is 32.0. The zero-order chi connectivity index (χ0) is 25.2. The lowest BCUT2D eigenvalue weighted by atomic mass is 9.84. The summed E-state index contributed by atoms with van der Waals surface area (Å²) in [6.45, 7) is 6.73. The SMILES string of the molecule is CC(C)(CC(CCCNCCN)C(N)=O)SC(c1ccccc1)(c1ccccc1)c1ccccc1. The van der Waals surface area contributed by atoms with Crippen LogP contribution < -0.4 is 16.8 Å². The Balaban J connectivity index is 1.98. The molecule has 4 nitrogen and oxygen atoms in total. The van der Waals surface area contributed by atoms with Gasteiger partial charge in [0.15, 0.2) is 0 Å². The van der Waals surface area contributed by atoms with Crippen molar-refractivity contribution in [2.24, 2.45) is 17.4 Å². The number of benzene rings is 3. The number of rotatable bonds is 14. The predicted octanol–water partition coefficient (Wildman–Crippen LogP) is 5.31. The number of hydrogen-bond acceptors (Lipinski definition) is 4. The van der Waals surface area contributed by atoms with Gasteiger partial charge in [0.2, 0.25) is 5.91 Å². The zero-order valence-electron chi connectivity index (χ0n) is 21.0. The van der Waals surface area contributed by atoms with E-state index in [2.05, 4.69) is 110 Å². The first-order chi connectivity index (χ1) is 16.9. The van der Waals surface area contributed by atoms with Crippen molar-refractivity contribution in [2.45, 2.75) is 42.6 Å². The molecule has 3 aromatic carbocycles. The normalized spacial score (nSPS) is 12.9. The van der Waals surface area contributed by atoms with Gasteiger partial charge in [0.05, 0.1) is 4.75 Å². The van der Waals surface area contributed by atoms with Crippen LogP contribution in [0.15, 0.2) is 91.0 Å². The van der Waals surface area contributed by atoms with Crippen LogP contribution in [0, 0.1) is 5.92 Å². The number of carbonyl (C=O) groups is 1. The average Bonchev–Trinajstić information content (AvgIpc) is 2.88. The molecule has 0 bridgehead atoms. The molecule has 186 valence electrons. The van der Waals surface area contributed by atoms with Crippen LogP contribution >= 0.6 is 11.8 Å². The van der Waals surface area contributed by atoms with Crippen molar-refractivity contribution < 1.29 is 4.79 Å². The summed E-state index contributed by atoms with van der Waals surface area (Å²) < 4.78 is -0.663. The summed E-state index contributed by atoms with van der Waals surface area (Å²) in [4.78, 5) is 12.4. The molecule has 0 aromatic heterocycles. The highest BCUT2D eigenvalue weighted by molar-refractivity contribution is 8.01. The molecule has 0 heterocycles. The minimum Gasteiger partial charge on any atom is -0.369 e. The van der Waals surface area contributed by atoms with E-state index in [1.807, 2.05) is 11.8 Å². The van der Waals surface area contributed by atoms with Crippen molar-refractivity contribution in [3.63, 3.8) is 0 Å². The summed E-state index contributed by atoms with van der Waals surface area (Å²) >= 11 is 1.91. The molecule has 1 amide bonds. The second kappa shape index (κ2) is 12.9. The number of carbonyl (C=O) groups excluding carboxylic acids is 1. The molecule has 3 rings (SSSR count). The Kier molecular flexibility index (Phi) is 9.96. The summed E-state index contributed by atoms with van der Waals surface area (Å²) in [5.74, 6) is -0.403. The first-order valence-electron chi connectivity index (χ1n) is 12.5. The van der Waals surface area contributed by atoms with E-state index in [1.54, 1.807) is 0 Å². The van der Waals surface area contributed by atoms with Crippen LogP contribution in [0.4, 0.5) is 0 Å². The van der Waals surface area contributed by atoms with Crippen molar-refractivity contribution in [3.8, 4) is 0 Å². The van der Waals surface area contributed by atoms with Gasteiger partial charge in [-0.1, -0.05) is 105 Å². The largest absolute Gasteiger partial charge is 0.369 e. The molecular weight excluding hydrogens is 450 g/mol. The lowest BCUT2D eigenvalue weighted by Crippen LogP contribution is -2.36. The van der Waals surface area contributed by atoms with Crippen LogP contribution in [0.2, 0.25) is 0 Å². The van der Waals surface area contributed by atoms with Gasteiger partial charge in [0, 0.05) is 23.8 Å². The van der Waals surface area contributed by atoms with Crippen molar-refractivity contribution in [3.05, 3.63) is 108 Å². The Bertz CT molecular complexity index is 929. The highest BCUT2D eigenvalue weighted by atomic mass is 32.2. The molecule has 5 N–H and O–H groups in total. The van der Waals surface area contributed by atoms with Crippen LogP contribution in [-0.4, -0.2) is 30.3 Å². The van der Waals surface area contributed by atoms with Gasteiger partial charge < -0.3 is 16.8 Å². The first-order valence-corrected chi connectivity index (χ1v) is 13.3. The van der Waals surface area contributed by atoms with Crippen molar-refractivity contribution in [2.75, 3.05) is 19.6 Å². The highest BCUT2D eigenvalue weighted by Gasteiger charge is 2.42. The van der Waals surface area contributed by atoms with E-state index in [0.29, 0.717) is 13.0 Å². The quantitative estimate of drug-likeness (QED) is 0.212. The van der Waals surface area contributed by atoms with Gasteiger partial charge in [0.1, 0.15) is 0 Å². The molecule has 0 radical (unpaired) electrons. The summed E-state index contributed by atoms with van der Waals surface area (Å²) in [5, 5.41) is 3.31. The fraction of sp³-hybridized carbons (Fsp3) is 0.367. The van der Waals surface area contributed by atoms with Gasteiger partial charge >= 0.3 is 0 Å². The Morgan fingerprint density at radius 2 is 1.29 bits per heavy atom. The number of nitrogens with two attached hydrogens (primary N) is 2. The van der Waals surface area contributed by atoms with Gasteiger partial charge in [-0.05, 0) is 42.5 Å². The lowest BCUT2D eigenvalue weighted by molar-refractivity contribution is -0.122. The van der Waals surface area contributed by atoms with E-state index < -0.39 is 4.75 Å². The third-order valence-corrected chi connectivity index (χ3v) is 8.07. The Hall–Kier alpha value is -2.60. The molecule has 0 saturated heterocycles. The molecule has 0 aliphatic heterocycles. The Labute approximate surface area is 214 Å². The summed E-state index contributed by atoms with van der Waals surface area (Å²) in [5.41, 5.74) is 15.1. The number of primary amides is 1. The number of thioether (sulfide) groups is 1. The second-order valence-corrected chi connectivity index (χ2v) is 11.5. The van der Waals surface area contributed by atoms with E-state index in [-0.39, 0.29) is 16.6 Å². The molecule has 1 atom stereocenters. The maximum atomic E-state index is 12.4. The molecule has 0 aliphatic rings. The maximum Gasteiger partial charge on any atom is 0.220 e. The standard InChI is InChI=1S/C30H39N3OS/c1-29(2,23-24(28(32)34)13-12-21-33-22-20-31)35-30(25-14-6-3-7-15-25,26-16-8-4-9-17-26)27-18-10-5-11-19-27/h3-11,14-19,24,33H,12-13,20-23,31H2,1-2H3,(H2,32,34). The molecule has 0 fully saturated rings. The van der Waals surface area contributed by atoms with E-state index in [9.17, 15) is 4.79 Å². The molecule has 1 unspecified atom stereocenters. The average molecular weight is 490 g/mol. The monoisotopic (exact) mass is 489 g/mol. The molecule has 35 heavy (non-hydrogen) atoms. The molecule has 3 aromatic rings. The van der Waals surface area contributed by atoms with Gasteiger partial charge in [0.25, 0.3) is 0 Å². The minimum absolute atomic E-state index is 0.183. The summed E-state index contributed by atoms with van der Waals surface area (Å²) in [7, 11) is 0. The van der Waals surface area contributed by atoms with Crippen LogP contribution in [0.25, 0.3) is 0 Å². The van der Waals surface area contributed by atoms with E-state index in [4.69, 9.17) is 11.5 Å². The summed E-state index contributed by atoms with van der Waals surface area (Å²) in [6.07, 6.45) is 2.37. The molecule has 0 aliphatic carbocycles. The van der Waals surface area contributed by atoms with Gasteiger partial charge in [-0.15, -0.1) is 11.8 Å². The first kappa shape index (κ1) is 27.0. The molecule has 5 heteroatoms. The predicted molar refractivity (Wildman–Crippen MR) is 149 cm³/mol. The smallest absolute Gasteiger partial charge is 0.220 e. The highest BCUT2D eigenvalue weighted by Crippen LogP contribution is 2.54. The van der Waals surface area contributed by atoms with E-state index in [1.165, 1.54) is 16.7 Å². The van der Waals surface area contributed by atoms with Gasteiger partial charge in [-0.3, -0.25) is 4.79 Å². The lowest BCUT2D eigenvalue weighted by Gasteiger charge is -2.42. The third-order valence-electron chi connectivity index (χ3n) is 6.34. The third kappa shape index (κ3) is 7.20. The zero-order valence-corrected chi connectivity index (χ0v) is 21.8. The van der Waals surface area contributed by atoms with Crippen LogP contribution in [-0.2, 0) is 9.54 Å². The number of amides is 1. The fourth-order valence-electron chi connectivity index (χ4n) is 4.79. The van der Waals surface area contributed by atoms with Crippen molar-refractivity contribution in [1.29, 1.82) is 0 Å². The molecular formula is C30H39N3OS. The minimum atomic E-state index is -0.432. The second-order valence-electron chi connectivity index (χ2n) is 9.63. The number of nitrogens with one attached hydrogen (secondary N) is 1. The van der Waals surface area contributed by atoms with Crippen LogP contribution in [0.1, 0.15) is 49.8 Å². The number of hydrogen-bond donors (Lipinski definition) is 3. The molecule has 0 spiro atoms. The van der Waals surface area contributed by atoms with Crippen LogP contribution in [0.3, 0.4) is 0 Å². The van der Waals surface area contributed by atoms with E-state index >= 15 is 0 Å². The van der Waals surface area contributed by atoms with Gasteiger partial charge in [-0.2, -0.15) is 0 Å². The van der Waals surface area contributed by atoms with Crippen molar-refractivity contribution >= 4 is 17.7 Å². The Morgan fingerprint density at radius 1 is 0.829 bits per heavy atom.